The number of hydrogen-bond donors (Lipinski definition) is 0. The summed E-state index contributed by atoms with van der Waals surface area (Å²) in [5.41, 5.74) is 2.56. The van der Waals surface area contributed by atoms with Gasteiger partial charge in [-0.1, -0.05) is 42.5 Å². The van der Waals surface area contributed by atoms with Crippen LogP contribution >= 0.6 is 18.6 Å². The zero-order valence-electron chi connectivity index (χ0n) is 9.61. The van der Waals surface area contributed by atoms with E-state index in [4.69, 9.17) is 18.6 Å². The van der Waals surface area contributed by atoms with Gasteiger partial charge in [-0.3, -0.25) is 0 Å². The van der Waals surface area contributed by atoms with Gasteiger partial charge in [0.05, 0.1) is 0 Å². The molecule has 0 saturated heterocycles. The summed E-state index contributed by atoms with van der Waals surface area (Å²) >= 11 is -0.556. The Kier molecular flexibility index (Phi) is 5.40. The van der Waals surface area contributed by atoms with Crippen molar-refractivity contribution in [1.82, 2.24) is 0 Å². The van der Waals surface area contributed by atoms with Crippen molar-refractivity contribution in [3.8, 4) is 11.1 Å². The predicted molar refractivity (Wildman–Crippen MR) is 76.7 cm³/mol. The van der Waals surface area contributed by atoms with Crippen molar-refractivity contribution in [2.75, 3.05) is 0 Å². The molecule has 90 valence electrons. The number of fused-ring (bicyclic) bond motifs is 1. The SMILES string of the molecule is [Cl][Ti][Cl].c1ccc(-c2ccc3[cH-]ccc3c2)cc1. The number of hydrogen-bond acceptors (Lipinski definition) is 0. The quantitative estimate of drug-likeness (QED) is 0.405. The molecule has 3 aromatic carbocycles. The first kappa shape index (κ1) is 13.8. The second-order valence-corrected chi connectivity index (χ2v) is 6.39. The van der Waals surface area contributed by atoms with Gasteiger partial charge in [0.15, 0.2) is 0 Å². The molecule has 0 amide bonds. The maximum atomic E-state index is 4.89. The van der Waals surface area contributed by atoms with Gasteiger partial charge in [0.25, 0.3) is 0 Å². The maximum absolute atomic E-state index is 4.89. The van der Waals surface area contributed by atoms with E-state index in [-0.39, 0.29) is 0 Å². The molecule has 0 aromatic heterocycles. The van der Waals surface area contributed by atoms with Gasteiger partial charge in [0, 0.05) is 0 Å². The molecule has 0 heterocycles. The summed E-state index contributed by atoms with van der Waals surface area (Å²) in [6.45, 7) is 0. The number of halogens is 2. The molecule has 0 saturated carbocycles. The molecule has 3 rings (SSSR count). The van der Waals surface area contributed by atoms with Crippen LogP contribution in [0, 0.1) is 0 Å². The Hall–Kier alpha value is -0.656. The summed E-state index contributed by atoms with van der Waals surface area (Å²) in [5.74, 6) is 0. The normalized spacial score (nSPS) is 9.67. The first-order valence-corrected chi connectivity index (χ1v) is 9.82. The van der Waals surface area contributed by atoms with Crippen LogP contribution in [0.1, 0.15) is 0 Å². The van der Waals surface area contributed by atoms with Gasteiger partial charge < -0.3 is 0 Å². The third kappa shape index (κ3) is 3.43. The van der Waals surface area contributed by atoms with Crippen molar-refractivity contribution < 1.29 is 17.0 Å². The Morgan fingerprint density at radius 3 is 2.28 bits per heavy atom. The minimum Gasteiger partial charge on any atom is -0.168 e. The van der Waals surface area contributed by atoms with Crippen molar-refractivity contribution in [3.63, 3.8) is 0 Å². The van der Waals surface area contributed by atoms with E-state index < -0.39 is 17.0 Å². The molecule has 3 heteroatoms. The minimum atomic E-state index is -0.556. The van der Waals surface area contributed by atoms with Crippen LogP contribution in [0.5, 0.6) is 0 Å². The van der Waals surface area contributed by atoms with Gasteiger partial charge in [0.2, 0.25) is 0 Å². The molecule has 0 N–H and O–H groups in total. The van der Waals surface area contributed by atoms with Crippen LogP contribution in [0.15, 0.2) is 66.7 Å². The molecule has 0 bridgehead atoms. The van der Waals surface area contributed by atoms with E-state index >= 15 is 0 Å². The minimum absolute atomic E-state index is 0.556. The molecule has 0 nitrogen and oxygen atoms in total. The van der Waals surface area contributed by atoms with Crippen LogP contribution < -0.4 is 0 Å². The fourth-order valence-corrected chi connectivity index (χ4v) is 1.94. The van der Waals surface area contributed by atoms with E-state index in [1.54, 1.807) is 0 Å². The van der Waals surface area contributed by atoms with Crippen LogP contribution in [-0.2, 0) is 17.0 Å². The Morgan fingerprint density at radius 1 is 0.833 bits per heavy atom. The molecule has 0 spiro atoms. The number of rotatable bonds is 1. The summed E-state index contributed by atoms with van der Waals surface area (Å²) in [6.07, 6.45) is 0. The third-order valence-corrected chi connectivity index (χ3v) is 2.75. The zero-order chi connectivity index (χ0) is 12.8. The van der Waals surface area contributed by atoms with Crippen molar-refractivity contribution in [3.05, 3.63) is 66.7 Å². The molecule has 18 heavy (non-hydrogen) atoms. The Morgan fingerprint density at radius 2 is 1.56 bits per heavy atom. The largest absolute Gasteiger partial charge is 0.168 e. The summed E-state index contributed by atoms with van der Waals surface area (Å²) in [4.78, 5) is 0. The molecule has 0 aliphatic carbocycles. The van der Waals surface area contributed by atoms with E-state index in [0.717, 1.165) is 0 Å². The van der Waals surface area contributed by atoms with Crippen LogP contribution in [0.2, 0.25) is 0 Å². The van der Waals surface area contributed by atoms with Crippen molar-refractivity contribution in [1.29, 1.82) is 0 Å². The average molecular weight is 310 g/mol. The van der Waals surface area contributed by atoms with E-state index in [1.165, 1.54) is 21.9 Å². The number of benzene rings is 2. The molecule has 3 aromatic rings. The summed E-state index contributed by atoms with van der Waals surface area (Å²) in [6, 6.07) is 23.5. The monoisotopic (exact) mass is 309 g/mol. The predicted octanol–water partition coefficient (Wildman–Crippen LogP) is 5.60. The van der Waals surface area contributed by atoms with Gasteiger partial charge in [-0.05, 0) is 11.1 Å². The fourth-order valence-electron chi connectivity index (χ4n) is 1.94. The molecular weight excluding hydrogens is 299 g/mol. The van der Waals surface area contributed by atoms with E-state index in [9.17, 15) is 0 Å². The first-order chi connectivity index (χ1) is 8.85. The van der Waals surface area contributed by atoms with Crippen molar-refractivity contribution >= 4 is 29.4 Å². The van der Waals surface area contributed by atoms with Gasteiger partial charge in [-0.25, -0.2) is 0 Å². The first-order valence-electron chi connectivity index (χ1n) is 5.52. The molecule has 0 atom stereocenters. The summed E-state index contributed by atoms with van der Waals surface area (Å²) in [5, 5.41) is 2.63. The van der Waals surface area contributed by atoms with Gasteiger partial charge in [-0.15, -0.1) is 17.5 Å². The van der Waals surface area contributed by atoms with Crippen LogP contribution in [0.4, 0.5) is 0 Å². The zero-order valence-corrected chi connectivity index (χ0v) is 12.7. The topological polar surface area (TPSA) is 0 Å². The standard InChI is InChI=1S/C15H11.2ClH.Ti/c1-2-5-12(6-3-1)15-10-9-13-7-4-8-14(13)11-15;;;/h1-11H;2*1H;/q-1;;;+2/p-2. The Labute approximate surface area is 124 Å². The van der Waals surface area contributed by atoms with Gasteiger partial charge in [0.1, 0.15) is 0 Å². The molecule has 0 unspecified atom stereocenters. The second-order valence-electron chi connectivity index (χ2n) is 3.81. The van der Waals surface area contributed by atoms with Crippen molar-refractivity contribution in [2.24, 2.45) is 0 Å². The van der Waals surface area contributed by atoms with E-state index in [2.05, 4.69) is 60.7 Å². The van der Waals surface area contributed by atoms with Crippen LogP contribution in [0.3, 0.4) is 0 Å². The van der Waals surface area contributed by atoms with Gasteiger partial charge >= 0.3 is 35.6 Å². The van der Waals surface area contributed by atoms with E-state index in [1.807, 2.05) is 6.07 Å². The molecule has 0 radical (unpaired) electrons. The maximum Gasteiger partial charge on any atom is -0.0200 e. The molecule has 0 fully saturated rings. The van der Waals surface area contributed by atoms with Crippen LogP contribution in [-0.4, -0.2) is 0 Å². The Balaban J connectivity index is 0.000000367. The van der Waals surface area contributed by atoms with E-state index in [0.29, 0.717) is 0 Å². The Bertz CT molecular complexity index is 602. The van der Waals surface area contributed by atoms with Gasteiger partial charge in [-0.2, -0.15) is 17.5 Å². The second kappa shape index (κ2) is 7.06. The average Bonchev–Trinajstić information content (AvgIpc) is 2.88. The van der Waals surface area contributed by atoms with Crippen molar-refractivity contribution in [2.45, 2.75) is 0 Å². The summed E-state index contributed by atoms with van der Waals surface area (Å²) < 4.78 is 0. The summed E-state index contributed by atoms with van der Waals surface area (Å²) in [7, 11) is 9.78. The molecular formula is C15H11Cl2Ti-. The fraction of sp³-hybridized carbons (Fsp3) is 0. The van der Waals surface area contributed by atoms with Crippen LogP contribution in [0.25, 0.3) is 21.9 Å². The smallest absolute Gasteiger partial charge is 0.0200 e. The third-order valence-electron chi connectivity index (χ3n) is 2.75. The molecule has 0 aliphatic heterocycles. The molecule has 0 aliphatic rings.